The van der Waals surface area contributed by atoms with Gasteiger partial charge < -0.3 is 20.1 Å². The molecule has 3 rings (SSSR count). The standard InChI is InChI=1S/C23H35N3O4/c1-23(2,3)13-19(20(27)24-4)25-21(28)18-8-7-17(16-5-6-16)22(26-18)30-14-15-9-11-29-12-10-15/h7-8,15-16,19H,5-6,9-14H2,1-4H3,(H,24,27)(H,25,28)/t19-/m0/s1. The molecule has 166 valence electrons. The minimum absolute atomic E-state index is 0.105. The third-order valence-electron chi connectivity index (χ3n) is 5.62. The largest absolute Gasteiger partial charge is 0.477 e. The van der Waals surface area contributed by atoms with Crippen LogP contribution in [0, 0.1) is 11.3 Å². The van der Waals surface area contributed by atoms with Crippen molar-refractivity contribution in [3.05, 3.63) is 23.4 Å². The number of rotatable bonds is 8. The van der Waals surface area contributed by atoms with E-state index in [2.05, 4.69) is 15.6 Å². The number of nitrogens with one attached hydrogen (secondary N) is 2. The van der Waals surface area contributed by atoms with Crippen LogP contribution in [0.15, 0.2) is 12.1 Å². The van der Waals surface area contributed by atoms with E-state index in [1.54, 1.807) is 13.1 Å². The SMILES string of the molecule is CNC(=O)[C@H](CC(C)(C)C)NC(=O)c1ccc(C2CC2)c(OCC2CCOCC2)n1. The van der Waals surface area contributed by atoms with Crippen molar-refractivity contribution in [1.29, 1.82) is 0 Å². The molecule has 2 aliphatic rings. The predicted octanol–water partition coefficient (Wildman–Crippen LogP) is 3.05. The van der Waals surface area contributed by atoms with E-state index < -0.39 is 6.04 Å². The lowest BCUT2D eigenvalue weighted by Gasteiger charge is -2.25. The van der Waals surface area contributed by atoms with E-state index in [-0.39, 0.29) is 22.9 Å². The van der Waals surface area contributed by atoms with Crippen LogP contribution in [0.2, 0.25) is 0 Å². The average Bonchev–Trinajstić information content (AvgIpc) is 3.56. The van der Waals surface area contributed by atoms with E-state index in [4.69, 9.17) is 9.47 Å². The maximum Gasteiger partial charge on any atom is 0.270 e. The van der Waals surface area contributed by atoms with Crippen molar-refractivity contribution in [1.82, 2.24) is 15.6 Å². The Morgan fingerprint density at radius 2 is 1.90 bits per heavy atom. The van der Waals surface area contributed by atoms with Crippen LogP contribution in [0.25, 0.3) is 0 Å². The number of ether oxygens (including phenoxy) is 2. The van der Waals surface area contributed by atoms with Gasteiger partial charge in [0.15, 0.2) is 0 Å². The summed E-state index contributed by atoms with van der Waals surface area (Å²) in [5.74, 6) is 0.923. The smallest absolute Gasteiger partial charge is 0.270 e. The number of pyridine rings is 1. The highest BCUT2D eigenvalue weighted by Crippen LogP contribution is 2.43. The molecule has 0 radical (unpaired) electrons. The van der Waals surface area contributed by atoms with E-state index in [1.807, 2.05) is 26.8 Å². The second-order valence-electron chi connectivity index (χ2n) is 9.64. The molecule has 7 heteroatoms. The number of likely N-dealkylation sites (N-methyl/N-ethyl adjacent to an activating group) is 1. The molecule has 2 heterocycles. The van der Waals surface area contributed by atoms with E-state index in [9.17, 15) is 9.59 Å². The number of carbonyl (C=O) groups excluding carboxylic acids is 2. The van der Waals surface area contributed by atoms with Gasteiger partial charge in [-0.1, -0.05) is 26.8 Å². The van der Waals surface area contributed by atoms with Crippen LogP contribution in [-0.2, 0) is 9.53 Å². The van der Waals surface area contributed by atoms with E-state index in [1.165, 1.54) is 0 Å². The van der Waals surface area contributed by atoms with E-state index >= 15 is 0 Å². The summed E-state index contributed by atoms with van der Waals surface area (Å²) in [5.41, 5.74) is 1.26. The topological polar surface area (TPSA) is 89.6 Å². The fraction of sp³-hybridized carbons (Fsp3) is 0.696. The molecule has 1 saturated heterocycles. The summed E-state index contributed by atoms with van der Waals surface area (Å²) in [6.07, 6.45) is 4.77. The number of nitrogens with zero attached hydrogens (tertiary/aromatic N) is 1. The van der Waals surface area contributed by atoms with Crippen molar-refractivity contribution in [3.8, 4) is 5.88 Å². The molecule has 0 unspecified atom stereocenters. The number of hydrogen-bond acceptors (Lipinski definition) is 5. The summed E-state index contributed by atoms with van der Waals surface area (Å²) < 4.78 is 11.5. The Hall–Kier alpha value is -2.15. The first-order valence-electron chi connectivity index (χ1n) is 11.0. The molecular weight excluding hydrogens is 382 g/mol. The van der Waals surface area contributed by atoms with Gasteiger partial charge in [0.05, 0.1) is 6.61 Å². The molecule has 1 atom stereocenters. The summed E-state index contributed by atoms with van der Waals surface area (Å²) in [7, 11) is 1.58. The van der Waals surface area contributed by atoms with Crippen LogP contribution in [0.5, 0.6) is 5.88 Å². The molecule has 1 saturated carbocycles. The van der Waals surface area contributed by atoms with Crippen LogP contribution in [0.1, 0.15) is 74.8 Å². The highest BCUT2D eigenvalue weighted by atomic mass is 16.5. The lowest BCUT2D eigenvalue weighted by atomic mass is 9.87. The zero-order chi connectivity index (χ0) is 21.7. The monoisotopic (exact) mass is 417 g/mol. The van der Waals surface area contributed by atoms with Gasteiger partial charge >= 0.3 is 0 Å². The number of carbonyl (C=O) groups is 2. The van der Waals surface area contributed by atoms with Crippen LogP contribution < -0.4 is 15.4 Å². The van der Waals surface area contributed by atoms with Crippen molar-refractivity contribution in [3.63, 3.8) is 0 Å². The van der Waals surface area contributed by atoms with E-state index in [0.29, 0.717) is 30.7 Å². The molecule has 2 amide bonds. The van der Waals surface area contributed by atoms with Gasteiger partial charge in [-0.3, -0.25) is 9.59 Å². The van der Waals surface area contributed by atoms with Crippen molar-refractivity contribution in [2.45, 2.75) is 64.8 Å². The van der Waals surface area contributed by atoms with Crippen LogP contribution in [0.3, 0.4) is 0 Å². The lowest BCUT2D eigenvalue weighted by Crippen LogP contribution is -2.47. The van der Waals surface area contributed by atoms with Crippen LogP contribution >= 0.6 is 0 Å². The second kappa shape index (κ2) is 9.77. The molecule has 1 aromatic rings. The maximum atomic E-state index is 12.9. The summed E-state index contributed by atoms with van der Waals surface area (Å²) in [6, 6.07) is 3.08. The highest BCUT2D eigenvalue weighted by molar-refractivity contribution is 5.96. The van der Waals surface area contributed by atoms with Gasteiger partial charge in [0.1, 0.15) is 11.7 Å². The Labute approximate surface area is 179 Å². The van der Waals surface area contributed by atoms with Crippen molar-refractivity contribution < 1.29 is 19.1 Å². The Morgan fingerprint density at radius 1 is 1.20 bits per heavy atom. The van der Waals surface area contributed by atoms with E-state index in [0.717, 1.165) is 44.5 Å². The molecule has 1 aromatic heterocycles. The molecule has 0 aromatic carbocycles. The number of aromatic nitrogens is 1. The van der Waals surface area contributed by atoms with Gasteiger partial charge in [0, 0.05) is 25.8 Å². The third kappa shape index (κ3) is 6.42. The molecular formula is C23H35N3O4. The molecule has 30 heavy (non-hydrogen) atoms. The first kappa shape index (κ1) is 22.5. The third-order valence-corrected chi connectivity index (χ3v) is 5.62. The Kier molecular flexibility index (Phi) is 7.34. The zero-order valence-corrected chi connectivity index (χ0v) is 18.6. The summed E-state index contributed by atoms with van der Waals surface area (Å²) in [4.78, 5) is 29.7. The van der Waals surface area contributed by atoms with Crippen molar-refractivity contribution in [2.75, 3.05) is 26.9 Å². The predicted molar refractivity (Wildman–Crippen MR) is 115 cm³/mol. The number of amides is 2. The Bertz CT molecular complexity index is 749. The second-order valence-corrected chi connectivity index (χ2v) is 9.64. The van der Waals surface area contributed by atoms with Crippen molar-refractivity contribution in [2.24, 2.45) is 11.3 Å². The molecule has 1 aliphatic heterocycles. The molecule has 2 N–H and O–H groups in total. The van der Waals surface area contributed by atoms with Gasteiger partial charge in [0.2, 0.25) is 11.8 Å². The summed E-state index contributed by atoms with van der Waals surface area (Å²) >= 11 is 0. The fourth-order valence-electron chi connectivity index (χ4n) is 3.74. The fourth-order valence-corrected chi connectivity index (χ4v) is 3.74. The van der Waals surface area contributed by atoms with Gasteiger partial charge in [-0.15, -0.1) is 0 Å². The van der Waals surface area contributed by atoms with Gasteiger partial charge in [0.25, 0.3) is 5.91 Å². The van der Waals surface area contributed by atoms with Gasteiger partial charge in [-0.25, -0.2) is 4.98 Å². The summed E-state index contributed by atoms with van der Waals surface area (Å²) in [6.45, 7) is 8.26. The zero-order valence-electron chi connectivity index (χ0n) is 18.6. The normalized spacial score (nSPS) is 18.5. The first-order valence-corrected chi connectivity index (χ1v) is 11.0. The minimum atomic E-state index is -0.612. The highest BCUT2D eigenvalue weighted by Gasteiger charge is 2.30. The molecule has 0 spiro atoms. The van der Waals surface area contributed by atoms with Crippen LogP contribution in [-0.4, -0.2) is 49.7 Å². The maximum absolute atomic E-state index is 12.9. The quantitative estimate of drug-likeness (QED) is 0.679. The van der Waals surface area contributed by atoms with Gasteiger partial charge in [-0.2, -0.15) is 0 Å². The molecule has 2 fully saturated rings. The minimum Gasteiger partial charge on any atom is -0.477 e. The Morgan fingerprint density at radius 3 is 2.50 bits per heavy atom. The Balaban J connectivity index is 1.72. The average molecular weight is 418 g/mol. The van der Waals surface area contributed by atoms with Crippen LogP contribution in [0.4, 0.5) is 0 Å². The molecule has 1 aliphatic carbocycles. The molecule has 0 bridgehead atoms. The lowest BCUT2D eigenvalue weighted by molar-refractivity contribution is -0.123. The first-order chi connectivity index (χ1) is 14.3. The van der Waals surface area contributed by atoms with Gasteiger partial charge in [-0.05, 0) is 55.4 Å². The summed E-state index contributed by atoms with van der Waals surface area (Å²) in [5, 5.41) is 5.49. The number of hydrogen-bond donors (Lipinski definition) is 2. The van der Waals surface area contributed by atoms with Crippen molar-refractivity contribution >= 4 is 11.8 Å². The molecule has 7 nitrogen and oxygen atoms in total.